The van der Waals surface area contributed by atoms with Crippen molar-refractivity contribution in [2.45, 2.75) is 211 Å². The molecular weight excluding hydrogens is 736 g/mol. The number of ether oxygens (including phenoxy) is 9. The fourth-order valence-corrected chi connectivity index (χ4v) is 12.6. The molecule has 6 aliphatic rings. The summed E-state index contributed by atoms with van der Waals surface area (Å²) < 4.78 is 59.6. The van der Waals surface area contributed by atoms with Crippen LogP contribution in [0.2, 0.25) is 0 Å². The summed E-state index contributed by atoms with van der Waals surface area (Å²) in [5.74, 6) is -4.78. The summed E-state index contributed by atoms with van der Waals surface area (Å²) in [7, 11) is 5.03. The van der Waals surface area contributed by atoms with Gasteiger partial charge in [0.05, 0.1) is 78.2 Å². The minimum atomic E-state index is -1.54. The van der Waals surface area contributed by atoms with E-state index < -0.39 is 53.0 Å². The fraction of sp³-hybridized carbons (Fsp3) is 0.977. The Labute approximate surface area is 341 Å². The number of hydrogen-bond donors (Lipinski definition) is 3. The van der Waals surface area contributed by atoms with Gasteiger partial charge in [-0.2, -0.15) is 0 Å². The van der Waals surface area contributed by atoms with Gasteiger partial charge in [-0.05, 0) is 78.6 Å². The summed E-state index contributed by atoms with van der Waals surface area (Å²) in [6.45, 7) is 20.1. The topological polar surface area (TPSA) is 161 Å². The smallest absolute Gasteiger partial charge is 0.308 e. The molecule has 0 aromatic heterocycles. The monoisotopic (exact) mass is 813 g/mol. The Hall–Kier alpha value is -0.970. The number of carboxylic acid groups (broad SMARTS) is 1. The van der Waals surface area contributed by atoms with Crippen molar-refractivity contribution in [3.8, 4) is 0 Å². The van der Waals surface area contributed by atoms with Crippen LogP contribution in [0.15, 0.2) is 0 Å². The van der Waals surface area contributed by atoms with Gasteiger partial charge in [-0.25, -0.2) is 0 Å². The van der Waals surface area contributed by atoms with E-state index >= 15 is 0 Å². The zero-order chi connectivity index (χ0) is 42.0. The van der Waals surface area contributed by atoms with Crippen molar-refractivity contribution in [3.05, 3.63) is 0 Å². The van der Waals surface area contributed by atoms with Gasteiger partial charge in [0.25, 0.3) is 0 Å². The van der Waals surface area contributed by atoms with Gasteiger partial charge in [-0.3, -0.25) is 4.79 Å². The molecular formula is C44H76O13. The van der Waals surface area contributed by atoms with E-state index in [9.17, 15) is 20.1 Å². The number of rotatable bonds is 13. The highest BCUT2D eigenvalue weighted by Crippen LogP contribution is 2.56. The highest BCUT2D eigenvalue weighted by atomic mass is 16.7. The van der Waals surface area contributed by atoms with Crippen molar-refractivity contribution in [3.63, 3.8) is 0 Å². The summed E-state index contributed by atoms with van der Waals surface area (Å²) >= 11 is 0. The summed E-state index contributed by atoms with van der Waals surface area (Å²) in [6, 6.07) is 0. The van der Waals surface area contributed by atoms with Crippen LogP contribution in [0.3, 0.4) is 0 Å². The molecule has 0 aromatic rings. The van der Waals surface area contributed by atoms with Gasteiger partial charge in [-0.15, -0.1) is 0 Å². The third-order valence-corrected chi connectivity index (χ3v) is 15.8. The lowest BCUT2D eigenvalue weighted by atomic mass is 9.74. The van der Waals surface area contributed by atoms with Crippen molar-refractivity contribution in [2.24, 2.45) is 41.4 Å². The molecule has 13 heteroatoms. The average Bonchev–Trinajstić information content (AvgIpc) is 3.93. The molecule has 57 heavy (non-hydrogen) atoms. The van der Waals surface area contributed by atoms with Gasteiger partial charge in [0.15, 0.2) is 11.6 Å². The standard InChI is InChI=1S/C44H76O13/c1-14-33(45)41(9)20-23(3)44(48,57-41)34-19-22(2)39(53-34)42(10)21-29(31-16-15-30(49-11)28(8)52-31)38(55-42)32-17-18-43(54-32)27(7)37(51-13)25(5)36(56-43)24(4)35(50-12)26(6)40(46)47/h22-39,45,48H,14-21H2,1-13H3,(H,46,47)/t22-,23-,24-,25-,26-,27+,28+,29-,30-,31-,32-,33+,34+,35+,36+,37+,38+,39+,41-,42-,43?,44-/m0/s1. The van der Waals surface area contributed by atoms with Crippen LogP contribution in [0.25, 0.3) is 0 Å². The fourth-order valence-electron chi connectivity index (χ4n) is 12.6. The van der Waals surface area contributed by atoms with E-state index in [2.05, 4.69) is 34.6 Å². The van der Waals surface area contributed by atoms with E-state index in [0.717, 1.165) is 12.8 Å². The van der Waals surface area contributed by atoms with Crippen LogP contribution in [0.5, 0.6) is 0 Å². The zero-order valence-corrected chi connectivity index (χ0v) is 37.0. The van der Waals surface area contributed by atoms with Gasteiger partial charge >= 0.3 is 5.97 Å². The number of aliphatic hydroxyl groups is 2. The van der Waals surface area contributed by atoms with Crippen LogP contribution in [-0.2, 0) is 47.4 Å². The Kier molecular flexibility index (Phi) is 13.6. The van der Waals surface area contributed by atoms with Gasteiger partial charge in [0, 0.05) is 57.3 Å². The third-order valence-electron chi connectivity index (χ3n) is 15.8. The van der Waals surface area contributed by atoms with Gasteiger partial charge in [0.2, 0.25) is 0 Å². The normalized spacial score (nSPS) is 51.3. The zero-order valence-electron chi connectivity index (χ0n) is 37.0. The van der Waals surface area contributed by atoms with Crippen LogP contribution in [0, 0.1) is 41.4 Å². The van der Waals surface area contributed by atoms with E-state index in [1.807, 2.05) is 27.7 Å². The SMILES string of the molecule is CC[C@@H](O)[C@]1(C)C[C@H](C)[C@@](O)([C@H]2C[C@H](C)[C@H]([C@]3(C)C[C@@H]([C@@H]4CC[C@H](OC)[C@@H](C)O4)[C@H]([C@@H]4CCC5(O[C@H]([C@@H](C)[C@@H](OC)[C@H](C)C(=O)O)[C@H](C)[C@@H](OC)[C@H]5C)O4)O3)O2)O1. The highest BCUT2D eigenvalue weighted by Gasteiger charge is 2.65. The number of aliphatic hydroxyl groups excluding tert-OH is 1. The Morgan fingerprint density at radius 1 is 0.912 bits per heavy atom. The lowest BCUT2D eigenvalue weighted by Crippen LogP contribution is -2.61. The maximum absolute atomic E-state index is 12.1. The molecule has 6 aliphatic heterocycles. The number of carboxylic acids is 1. The summed E-state index contributed by atoms with van der Waals surface area (Å²) in [4.78, 5) is 12.1. The molecule has 0 saturated carbocycles. The molecule has 6 heterocycles. The molecule has 330 valence electrons. The highest BCUT2D eigenvalue weighted by molar-refractivity contribution is 5.70. The first-order valence-corrected chi connectivity index (χ1v) is 22.0. The van der Waals surface area contributed by atoms with Crippen LogP contribution < -0.4 is 0 Å². The maximum Gasteiger partial charge on any atom is 0.308 e. The second-order valence-electron chi connectivity index (χ2n) is 19.6. The minimum absolute atomic E-state index is 0.0157. The predicted octanol–water partition coefficient (Wildman–Crippen LogP) is 5.73. The number of aliphatic carboxylic acids is 1. The Morgan fingerprint density at radius 3 is 2.21 bits per heavy atom. The molecule has 1 unspecified atom stereocenters. The van der Waals surface area contributed by atoms with Crippen LogP contribution in [0.4, 0.5) is 0 Å². The molecule has 13 nitrogen and oxygen atoms in total. The molecule has 0 aromatic carbocycles. The number of carbonyl (C=O) groups is 1. The molecule has 0 amide bonds. The van der Waals surface area contributed by atoms with Crippen LogP contribution >= 0.6 is 0 Å². The van der Waals surface area contributed by atoms with Crippen molar-refractivity contribution >= 4 is 5.97 Å². The molecule has 3 N–H and O–H groups in total. The summed E-state index contributed by atoms with van der Waals surface area (Å²) in [5.41, 5.74) is -1.59. The molecule has 1 spiro atoms. The van der Waals surface area contributed by atoms with E-state index in [-0.39, 0.29) is 84.3 Å². The maximum atomic E-state index is 12.1. The van der Waals surface area contributed by atoms with Crippen molar-refractivity contribution in [1.29, 1.82) is 0 Å². The molecule has 6 saturated heterocycles. The largest absolute Gasteiger partial charge is 0.481 e. The summed E-state index contributed by atoms with van der Waals surface area (Å²) in [6.07, 6.45) is 1.79. The lowest BCUT2D eigenvalue weighted by Gasteiger charge is -2.52. The first-order valence-electron chi connectivity index (χ1n) is 22.0. The molecule has 0 aliphatic carbocycles. The quantitative estimate of drug-likeness (QED) is 0.207. The second kappa shape index (κ2) is 17.1. The summed E-state index contributed by atoms with van der Waals surface area (Å²) in [5, 5.41) is 32.9. The average molecular weight is 813 g/mol. The third kappa shape index (κ3) is 8.01. The van der Waals surface area contributed by atoms with E-state index in [1.165, 1.54) is 0 Å². The second-order valence-corrected chi connectivity index (χ2v) is 19.6. The minimum Gasteiger partial charge on any atom is -0.481 e. The van der Waals surface area contributed by atoms with E-state index in [0.29, 0.717) is 38.5 Å². The first-order chi connectivity index (χ1) is 26.7. The molecule has 22 atom stereocenters. The van der Waals surface area contributed by atoms with E-state index in [4.69, 9.17) is 42.6 Å². The number of methoxy groups -OCH3 is 3. The van der Waals surface area contributed by atoms with Crippen molar-refractivity contribution < 1.29 is 62.7 Å². The molecule has 0 bridgehead atoms. The van der Waals surface area contributed by atoms with Gasteiger partial charge in [-0.1, -0.05) is 41.5 Å². The Balaban J connectivity index is 1.27. The number of hydrogen-bond acceptors (Lipinski definition) is 12. The molecule has 0 radical (unpaired) electrons. The van der Waals surface area contributed by atoms with Crippen LogP contribution in [-0.4, -0.2) is 133 Å². The van der Waals surface area contributed by atoms with Gasteiger partial charge < -0.3 is 58.0 Å². The molecule has 6 rings (SSSR count). The Morgan fingerprint density at radius 2 is 1.61 bits per heavy atom. The van der Waals surface area contributed by atoms with Gasteiger partial charge in [0.1, 0.15) is 6.10 Å². The molecule has 6 fully saturated rings. The van der Waals surface area contributed by atoms with Crippen molar-refractivity contribution in [1.82, 2.24) is 0 Å². The van der Waals surface area contributed by atoms with E-state index in [1.54, 1.807) is 28.3 Å². The Bertz CT molecular complexity index is 1390. The first kappa shape index (κ1) is 45.6. The lowest BCUT2D eigenvalue weighted by molar-refractivity contribution is -0.347. The predicted molar refractivity (Wildman–Crippen MR) is 210 cm³/mol. The van der Waals surface area contributed by atoms with Crippen molar-refractivity contribution in [2.75, 3.05) is 21.3 Å². The van der Waals surface area contributed by atoms with Crippen LogP contribution in [0.1, 0.15) is 121 Å².